The van der Waals surface area contributed by atoms with Crippen molar-refractivity contribution in [3.63, 3.8) is 0 Å². The highest BCUT2D eigenvalue weighted by Gasteiger charge is 2.16. The van der Waals surface area contributed by atoms with Gasteiger partial charge in [0.1, 0.15) is 0 Å². The molecule has 2 aromatic rings. The summed E-state index contributed by atoms with van der Waals surface area (Å²) in [5.74, 6) is 0.128. The monoisotopic (exact) mass is 302 g/mol. The Morgan fingerprint density at radius 1 is 1.18 bits per heavy atom. The summed E-state index contributed by atoms with van der Waals surface area (Å²) in [4.78, 5) is 26.6. The van der Waals surface area contributed by atoms with Crippen LogP contribution in [0.5, 0.6) is 0 Å². The van der Waals surface area contributed by atoms with Crippen LogP contribution in [0, 0.1) is 0 Å². The van der Waals surface area contributed by atoms with Gasteiger partial charge in [-0.2, -0.15) is 0 Å². The molecule has 1 aromatic carbocycles. The van der Waals surface area contributed by atoms with E-state index in [1.165, 1.54) is 0 Å². The summed E-state index contributed by atoms with van der Waals surface area (Å²) in [5.41, 5.74) is 1.73. The zero-order chi connectivity index (χ0) is 15.5. The number of nitrogens with one attached hydrogen (secondary N) is 1. The first-order valence-electron chi connectivity index (χ1n) is 7.81. The van der Waals surface area contributed by atoms with Crippen molar-refractivity contribution >= 4 is 16.9 Å². The fraction of sp³-hybridized carbons (Fsp3) is 0.500. The van der Waals surface area contributed by atoms with Gasteiger partial charge in [0.05, 0.1) is 11.0 Å². The molecule has 0 aliphatic carbocycles. The quantitative estimate of drug-likeness (QED) is 0.901. The Kier molecular flexibility index (Phi) is 4.29. The number of fused-ring (bicyclic) bond motifs is 1. The van der Waals surface area contributed by atoms with E-state index in [2.05, 4.69) is 5.32 Å². The van der Waals surface area contributed by atoms with Crippen LogP contribution in [0.15, 0.2) is 29.1 Å². The molecule has 3 rings (SSSR count). The van der Waals surface area contributed by atoms with Crippen LogP contribution in [-0.2, 0) is 18.4 Å². The smallest absolute Gasteiger partial charge is 0.328 e. The lowest BCUT2D eigenvalue weighted by Crippen LogP contribution is -2.35. The van der Waals surface area contributed by atoms with Crippen molar-refractivity contribution in [2.24, 2.45) is 7.05 Å². The molecule has 0 saturated carbocycles. The van der Waals surface area contributed by atoms with Gasteiger partial charge in [-0.05, 0) is 25.1 Å². The number of rotatable bonds is 3. The molecule has 22 heavy (non-hydrogen) atoms. The van der Waals surface area contributed by atoms with Crippen LogP contribution >= 0.6 is 0 Å². The number of amides is 1. The van der Waals surface area contributed by atoms with E-state index >= 15 is 0 Å². The fourth-order valence-corrected chi connectivity index (χ4v) is 3.04. The lowest BCUT2D eigenvalue weighted by atomic mass is 10.3. The lowest BCUT2D eigenvalue weighted by molar-refractivity contribution is -0.131. The summed E-state index contributed by atoms with van der Waals surface area (Å²) in [6, 6.07) is 7.69. The first kappa shape index (κ1) is 14.8. The number of aromatic nitrogens is 2. The van der Waals surface area contributed by atoms with Crippen LogP contribution in [0.25, 0.3) is 11.0 Å². The molecule has 0 bridgehead atoms. The van der Waals surface area contributed by atoms with Crippen LogP contribution in [0.4, 0.5) is 0 Å². The molecule has 1 aliphatic rings. The highest BCUT2D eigenvalue weighted by molar-refractivity contribution is 5.78. The molecule has 6 heteroatoms. The summed E-state index contributed by atoms with van der Waals surface area (Å²) < 4.78 is 3.33. The predicted molar refractivity (Wildman–Crippen MR) is 85.9 cm³/mol. The van der Waals surface area contributed by atoms with Gasteiger partial charge < -0.3 is 10.2 Å². The minimum atomic E-state index is -0.0634. The van der Waals surface area contributed by atoms with E-state index in [1.807, 2.05) is 29.2 Å². The minimum Gasteiger partial charge on any atom is -0.341 e. The van der Waals surface area contributed by atoms with Crippen molar-refractivity contribution < 1.29 is 4.79 Å². The highest BCUT2D eigenvalue weighted by atomic mass is 16.2. The summed E-state index contributed by atoms with van der Waals surface area (Å²) in [7, 11) is 1.77. The Hall–Kier alpha value is -2.08. The average Bonchev–Trinajstić information content (AvgIpc) is 2.75. The molecule has 118 valence electrons. The number of imidazole rings is 1. The average molecular weight is 302 g/mol. The van der Waals surface area contributed by atoms with Gasteiger partial charge in [0.15, 0.2) is 0 Å². The second-order valence-electron chi connectivity index (χ2n) is 5.72. The van der Waals surface area contributed by atoms with E-state index in [1.54, 1.807) is 16.2 Å². The molecular weight excluding hydrogens is 280 g/mol. The first-order chi connectivity index (χ1) is 10.7. The maximum absolute atomic E-state index is 12.4. The van der Waals surface area contributed by atoms with Gasteiger partial charge in [-0.3, -0.25) is 13.9 Å². The summed E-state index contributed by atoms with van der Waals surface area (Å²) >= 11 is 0. The minimum absolute atomic E-state index is 0.0634. The second kappa shape index (κ2) is 6.36. The molecule has 1 aliphatic heterocycles. The molecule has 0 radical (unpaired) electrons. The first-order valence-corrected chi connectivity index (χ1v) is 7.81. The number of nitrogens with zero attached hydrogens (tertiary/aromatic N) is 3. The van der Waals surface area contributed by atoms with Crippen molar-refractivity contribution in [1.82, 2.24) is 19.4 Å². The Balaban J connectivity index is 1.75. The van der Waals surface area contributed by atoms with Gasteiger partial charge in [0.2, 0.25) is 5.91 Å². The Bertz CT molecular complexity index is 723. The van der Waals surface area contributed by atoms with Gasteiger partial charge in [-0.1, -0.05) is 12.1 Å². The maximum atomic E-state index is 12.4. The molecule has 2 heterocycles. The molecule has 0 atom stereocenters. The number of hydrogen-bond donors (Lipinski definition) is 1. The number of carbonyl (C=O) groups excluding carboxylic acids is 1. The van der Waals surface area contributed by atoms with Gasteiger partial charge in [0, 0.05) is 39.6 Å². The van der Waals surface area contributed by atoms with Crippen LogP contribution in [0.1, 0.15) is 12.8 Å². The van der Waals surface area contributed by atoms with E-state index in [4.69, 9.17) is 0 Å². The number of hydrogen-bond acceptors (Lipinski definition) is 3. The highest BCUT2D eigenvalue weighted by Crippen LogP contribution is 2.12. The van der Waals surface area contributed by atoms with Gasteiger partial charge in [0.25, 0.3) is 0 Å². The number of benzene rings is 1. The largest absolute Gasteiger partial charge is 0.341 e. The second-order valence-corrected chi connectivity index (χ2v) is 5.72. The standard InChI is InChI=1S/C16H22N4O2/c1-18-13-5-2-3-6-14(13)20(16(18)22)11-7-15(21)19-10-4-8-17-9-12-19/h2-3,5-6,17H,4,7-12H2,1H3. The van der Waals surface area contributed by atoms with Crippen molar-refractivity contribution in [2.75, 3.05) is 26.2 Å². The van der Waals surface area contributed by atoms with Gasteiger partial charge >= 0.3 is 5.69 Å². The molecule has 0 unspecified atom stereocenters. The van der Waals surface area contributed by atoms with Crippen molar-refractivity contribution in [3.05, 3.63) is 34.7 Å². The third-order valence-electron chi connectivity index (χ3n) is 4.29. The molecule has 1 saturated heterocycles. The Labute approximate surface area is 129 Å². The lowest BCUT2D eigenvalue weighted by Gasteiger charge is -2.19. The van der Waals surface area contributed by atoms with Crippen molar-refractivity contribution in [3.8, 4) is 0 Å². The topological polar surface area (TPSA) is 59.3 Å². The molecule has 0 spiro atoms. The molecule has 1 amide bonds. The summed E-state index contributed by atoms with van der Waals surface area (Å²) in [5, 5.41) is 3.29. The normalized spacial score (nSPS) is 16.0. The van der Waals surface area contributed by atoms with Crippen molar-refractivity contribution in [2.45, 2.75) is 19.4 Å². The van der Waals surface area contributed by atoms with E-state index in [0.29, 0.717) is 13.0 Å². The fourth-order valence-electron chi connectivity index (χ4n) is 3.04. The Morgan fingerprint density at radius 2 is 1.95 bits per heavy atom. The molecular formula is C16H22N4O2. The SMILES string of the molecule is Cn1c(=O)n(CCC(=O)N2CCCNCC2)c2ccccc21. The molecule has 6 nitrogen and oxygen atoms in total. The number of aryl methyl sites for hydroxylation is 2. The van der Waals surface area contributed by atoms with Gasteiger partial charge in [-0.25, -0.2) is 4.79 Å². The summed E-state index contributed by atoms with van der Waals surface area (Å²) in [6.45, 7) is 3.80. The zero-order valence-electron chi connectivity index (χ0n) is 12.9. The van der Waals surface area contributed by atoms with Crippen LogP contribution in [0.3, 0.4) is 0 Å². The zero-order valence-corrected chi connectivity index (χ0v) is 12.9. The van der Waals surface area contributed by atoms with E-state index in [9.17, 15) is 9.59 Å². The third kappa shape index (κ3) is 2.78. The maximum Gasteiger partial charge on any atom is 0.328 e. The van der Waals surface area contributed by atoms with Crippen LogP contribution < -0.4 is 11.0 Å². The van der Waals surface area contributed by atoms with E-state index < -0.39 is 0 Å². The number of carbonyl (C=O) groups is 1. The predicted octanol–water partition coefficient (Wildman–Crippen LogP) is 0.552. The molecule has 1 N–H and O–H groups in total. The van der Waals surface area contributed by atoms with Crippen molar-refractivity contribution in [1.29, 1.82) is 0 Å². The molecule has 1 fully saturated rings. The Morgan fingerprint density at radius 3 is 2.77 bits per heavy atom. The van der Waals surface area contributed by atoms with Crippen LogP contribution in [-0.4, -0.2) is 46.1 Å². The van der Waals surface area contributed by atoms with Gasteiger partial charge in [-0.15, -0.1) is 0 Å². The molecule has 1 aromatic heterocycles. The van der Waals surface area contributed by atoms with Crippen LogP contribution in [0.2, 0.25) is 0 Å². The summed E-state index contributed by atoms with van der Waals surface area (Å²) in [6.07, 6.45) is 1.36. The van der Waals surface area contributed by atoms with E-state index in [0.717, 1.165) is 43.6 Å². The third-order valence-corrected chi connectivity index (χ3v) is 4.29. The number of para-hydroxylation sites is 2. The van der Waals surface area contributed by atoms with E-state index in [-0.39, 0.29) is 11.6 Å².